The van der Waals surface area contributed by atoms with Crippen molar-refractivity contribution in [2.45, 2.75) is 26.7 Å². The Balaban J connectivity index is -0.000000363. The van der Waals surface area contributed by atoms with E-state index in [9.17, 15) is 0 Å². The summed E-state index contributed by atoms with van der Waals surface area (Å²) in [6.07, 6.45) is 2.27. The first-order chi connectivity index (χ1) is 11.8. The van der Waals surface area contributed by atoms with Crippen molar-refractivity contribution in [2.24, 2.45) is 0 Å². The summed E-state index contributed by atoms with van der Waals surface area (Å²) in [7, 11) is 0. The van der Waals surface area contributed by atoms with Crippen LogP contribution in [0.2, 0.25) is 0 Å². The van der Waals surface area contributed by atoms with Crippen LogP contribution in [-0.2, 0) is 36.2 Å². The molecule has 0 aliphatic heterocycles. The van der Waals surface area contributed by atoms with Crippen molar-refractivity contribution in [2.75, 3.05) is 0 Å². The first kappa shape index (κ1) is 32.0. The van der Waals surface area contributed by atoms with Gasteiger partial charge in [-0.1, -0.05) is 26.0 Å². The molecule has 152 valence electrons. The van der Waals surface area contributed by atoms with Gasteiger partial charge in [0.15, 0.2) is 0 Å². The molecular weight excluding hydrogens is 478 g/mol. The molecule has 4 rings (SSSR count). The molecule has 0 aromatic heterocycles. The number of fused-ring (bicyclic) bond motifs is 2. The number of halogens is 2. The molecular formula is C24H30Cl2SiZr-4. The van der Waals surface area contributed by atoms with Crippen LogP contribution in [-0.4, -0.2) is 6.88 Å². The Morgan fingerprint density at radius 3 is 1.29 bits per heavy atom. The summed E-state index contributed by atoms with van der Waals surface area (Å²) in [5.74, 6) is 0. The molecule has 0 fully saturated rings. The van der Waals surface area contributed by atoms with Crippen LogP contribution in [0.25, 0.3) is 21.5 Å². The van der Waals surface area contributed by atoms with Gasteiger partial charge in [0.2, 0.25) is 0 Å². The van der Waals surface area contributed by atoms with Crippen LogP contribution in [0.3, 0.4) is 0 Å². The molecule has 0 unspecified atom stereocenters. The molecule has 28 heavy (non-hydrogen) atoms. The third-order valence-corrected chi connectivity index (χ3v) is 4.17. The Bertz CT molecular complexity index is 756. The topological polar surface area (TPSA) is 0 Å². The molecule has 0 aliphatic rings. The molecule has 4 aromatic rings. The summed E-state index contributed by atoms with van der Waals surface area (Å²) < 4.78 is 0. The van der Waals surface area contributed by atoms with Crippen LogP contribution in [0, 0.1) is 14.9 Å². The van der Waals surface area contributed by atoms with Gasteiger partial charge in [-0.05, 0) is 12.8 Å². The summed E-state index contributed by atoms with van der Waals surface area (Å²) in [5, 5.41) is 5.46. The van der Waals surface area contributed by atoms with Gasteiger partial charge >= 0.3 is 30.2 Å². The second-order valence-corrected chi connectivity index (χ2v) is 5.69. The zero-order valence-electron chi connectivity index (χ0n) is 17.2. The minimum absolute atomic E-state index is 0. The van der Waals surface area contributed by atoms with E-state index in [-0.39, 0.29) is 39.7 Å². The zero-order chi connectivity index (χ0) is 17.4. The third-order valence-electron chi connectivity index (χ3n) is 4.17. The fraction of sp³-hybridized carbons (Fsp3) is 0.167. The maximum atomic E-state index is 3.06. The van der Waals surface area contributed by atoms with Gasteiger partial charge in [-0.3, -0.25) is 0 Å². The van der Waals surface area contributed by atoms with E-state index in [2.05, 4.69) is 93.5 Å². The van der Waals surface area contributed by atoms with E-state index in [1.54, 1.807) is 0 Å². The molecule has 0 atom stereocenters. The van der Waals surface area contributed by atoms with Crippen molar-refractivity contribution >= 4 is 53.2 Å². The molecule has 4 aromatic carbocycles. The van der Waals surface area contributed by atoms with Gasteiger partial charge in [-0.15, -0.1) is 106 Å². The van der Waals surface area contributed by atoms with Gasteiger partial charge in [0, 0.05) is 0 Å². The molecule has 0 nitrogen and oxygen atoms in total. The minimum atomic E-state index is 0. The molecule has 0 spiro atoms. The van der Waals surface area contributed by atoms with E-state index < -0.39 is 0 Å². The molecule has 0 heterocycles. The van der Waals surface area contributed by atoms with E-state index in [0.29, 0.717) is 0 Å². The Kier molecular flexibility index (Phi) is 19.7. The molecule has 0 bridgehead atoms. The van der Waals surface area contributed by atoms with Crippen LogP contribution in [0.5, 0.6) is 0 Å². The van der Waals surface area contributed by atoms with Crippen molar-refractivity contribution in [3.63, 3.8) is 0 Å². The fourth-order valence-electron chi connectivity index (χ4n) is 2.84. The Morgan fingerprint density at radius 2 is 1.00 bits per heavy atom. The van der Waals surface area contributed by atoms with E-state index in [0.717, 1.165) is 12.8 Å². The monoisotopic (exact) mass is 506 g/mol. The van der Waals surface area contributed by atoms with Gasteiger partial charge in [-0.25, -0.2) is 0 Å². The van der Waals surface area contributed by atoms with Crippen molar-refractivity contribution in [3.05, 3.63) is 98.8 Å². The molecule has 0 saturated carbocycles. The molecule has 0 saturated heterocycles. The van der Waals surface area contributed by atoms with Crippen LogP contribution in [0.15, 0.2) is 72.8 Å². The third kappa shape index (κ3) is 8.78. The van der Waals surface area contributed by atoms with Crippen LogP contribution < -0.4 is 0 Å². The average molecular weight is 509 g/mol. The predicted octanol–water partition coefficient (Wildman–Crippen LogP) is 7.60. The molecule has 0 amide bonds. The van der Waals surface area contributed by atoms with Crippen molar-refractivity contribution in [1.29, 1.82) is 0 Å². The average Bonchev–Trinajstić information content (AvgIpc) is 3.27. The Labute approximate surface area is 200 Å². The maximum absolute atomic E-state index is 3.06. The summed E-state index contributed by atoms with van der Waals surface area (Å²) in [6.45, 7) is 7.44. The zero-order valence-corrected chi connectivity index (χ0v) is 22.2. The first-order valence-electron chi connectivity index (χ1n) is 8.34. The molecule has 0 aliphatic carbocycles. The number of benzene rings is 2. The van der Waals surface area contributed by atoms with E-state index >= 15 is 0 Å². The number of hydrogen-bond acceptors (Lipinski definition) is 0. The first-order valence-corrected chi connectivity index (χ1v) is 12.5. The fourth-order valence-corrected chi connectivity index (χ4v) is 2.84. The second kappa shape index (κ2) is 17.2. The number of rotatable bonds is 2. The summed E-state index contributed by atoms with van der Waals surface area (Å²) in [4.78, 5) is 0. The molecule has 4 heteroatoms. The SMILES string of the molecule is CCc1cc2ccccc2[cH-]1.CCc1cc2ccccc2[cH-]1.Cl.Cl.[CH3-].[CH3-].[Si]=[Zr]. The van der Waals surface area contributed by atoms with Gasteiger partial charge in [0.05, 0.1) is 0 Å². The molecule has 0 N–H and O–H groups in total. The van der Waals surface area contributed by atoms with Gasteiger partial charge in [0.25, 0.3) is 0 Å². The summed E-state index contributed by atoms with van der Waals surface area (Å²) in [5.41, 5.74) is 2.87. The van der Waals surface area contributed by atoms with E-state index in [1.165, 1.54) is 56.0 Å². The standard InChI is InChI=1S/2C11H11.2CH3.2ClH.Si.Zr/c2*1-2-9-7-10-5-3-4-6-11(10)8-9;;;;;;/h2*3-8H,2H2,1H3;2*1H3;2*1H;;/q4*-1;;;;. The van der Waals surface area contributed by atoms with E-state index in [1.807, 2.05) is 0 Å². The van der Waals surface area contributed by atoms with Crippen LogP contribution in [0.1, 0.15) is 25.0 Å². The van der Waals surface area contributed by atoms with Crippen LogP contribution >= 0.6 is 24.8 Å². The number of hydrogen-bond donors (Lipinski definition) is 0. The van der Waals surface area contributed by atoms with Crippen molar-refractivity contribution in [3.8, 4) is 0 Å². The predicted molar refractivity (Wildman–Crippen MR) is 131 cm³/mol. The van der Waals surface area contributed by atoms with Gasteiger partial charge in [0.1, 0.15) is 0 Å². The number of aryl methyl sites for hydroxylation is 2. The second-order valence-electron chi connectivity index (χ2n) is 5.69. The Morgan fingerprint density at radius 1 is 0.679 bits per heavy atom. The summed E-state index contributed by atoms with van der Waals surface area (Å²) in [6, 6.07) is 26.0. The summed E-state index contributed by atoms with van der Waals surface area (Å²) >= 11 is 1.36. The van der Waals surface area contributed by atoms with Crippen molar-refractivity contribution in [1.82, 2.24) is 0 Å². The van der Waals surface area contributed by atoms with Crippen molar-refractivity contribution < 1.29 is 23.3 Å². The van der Waals surface area contributed by atoms with Gasteiger partial charge in [-0.2, -0.15) is 12.1 Å². The normalized spacial score (nSPS) is 8.46. The van der Waals surface area contributed by atoms with Crippen LogP contribution in [0.4, 0.5) is 0 Å². The van der Waals surface area contributed by atoms with E-state index in [4.69, 9.17) is 0 Å². The Hall–Kier alpha value is -0.660. The quantitative estimate of drug-likeness (QED) is 0.193. The molecule has 2 radical (unpaired) electrons. The van der Waals surface area contributed by atoms with Gasteiger partial charge < -0.3 is 14.9 Å².